The van der Waals surface area contributed by atoms with E-state index in [4.69, 9.17) is 10.5 Å². The SMILES string of the molecule is C[C@H](N)C(=O)Nc1ccccc1C(=O)N1CCOCC1. The number of morpholine rings is 1. The van der Waals surface area contributed by atoms with Crippen LogP contribution in [-0.4, -0.2) is 49.1 Å². The molecule has 2 amide bonds. The van der Waals surface area contributed by atoms with Crippen molar-refractivity contribution in [1.82, 2.24) is 4.90 Å². The van der Waals surface area contributed by atoms with E-state index in [-0.39, 0.29) is 11.8 Å². The third kappa shape index (κ3) is 3.34. The Morgan fingerprint density at radius 3 is 2.60 bits per heavy atom. The molecule has 1 aliphatic heterocycles. The maximum atomic E-state index is 12.5. The monoisotopic (exact) mass is 277 g/mol. The molecule has 1 aromatic carbocycles. The molecular weight excluding hydrogens is 258 g/mol. The summed E-state index contributed by atoms with van der Waals surface area (Å²) in [5, 5.41) is 2.69. The summed E-state index contributed by atoms with van der Waals surface area (Å²) in [7, 11) is 0. The molecule has 0 unspecified atom stereocenters. The van der Waals surface area contributed by atoms with Gasteiger partial charge in [0.25, 0.3) is 5.91 Å². The molecule has 1 aromatic rings. The summed E-state index contributed by atoms with van der Waals surface area (Å²) >= 11 is 0. The van der Waals surface area contributed by atoms with E-state index in [2.05, 4.69) is 5.32 Å². The van der Waals surface area contributed by atoms with Crippen LogP contribution < -0.4 is 11.1 Å². The number of nitrogens with two attached hydrogens (primary N) is 1. The van der Waals surface area contributed by atoms with Crippen molar-refractivity contribution >= 4 is 17.5 Å². The first-order valence-corrected chi connectivity index (χ1v) is 6.62. The van der Waals surface area contributed by atoms with E-state index in [0.717, 1.165) is 0 Å². The number of rotatable bonds is 3. The number of amides is 2. The number of anilines is 1. The first-order chi connectivity index (χ1) is 9.59. The largest absolute Gasteiger partial charge is 0.378 e. The van der Waals surface area contributed by atoms with Crippen LogP contribution in [0.2, 0.25) is 0 Å². The van der Waals surface area contributed by atoms with Gasteiger partial charge < -0.3 is 20.7 Å². The first-order valence-electron chi connectivity index (χ1n) is 6.62. The highest BCUT2D eigenvalue weighted by atomic mass is 16.5. The number of carbonyl (C=O) groups is 2. The average molecular weight is 277 g/mol. The zero-order valence-corrected chi connectivity index (χ0v) is 11.5. The predicted molar refractivity (Wildman–Crippen MR) is 75.4 cm³/mol. The normalized spacial score (nSPS) is 16.6. The predicted octanol–water partition coefficient (Wildman–Crippen LogP) is 0.445. The molecule has 0 saturated carbocycles. The van der Waals surface area contributed by atoms with Crippen molar-refractivity contribution in [2.45, 2.75) is 13.0 Å². The Balaban J connectivity index is 2.18. The summed E-state index contributed by atoms with van der Waals surface area (Å²) < 4.78 is 5.23. The number of nitrogens with one attached hydrogen (secondary N) is 1. The highest BCUT2D eigenvalue weighted by Crippen LogP contribution is 2.18. The van der Waals surface area contributed by atoms with Crippen molar-refractivity contribution in [2.24, 2.45) is 5.73 Å². The molecule has 6 nitrogen and oxygen atoms in total. The first kappa shape index (κ1) is 14.5. The van der Waals surface area contributed by atoms with Crippen LogP contribution in [0.15, 0.2) is 24.3 Å². The van der Waals surface area contributed by atoms with Gasteiger partial charge in [0, 0.05) is 13.1 Å². The van der Waals surface area contributed by atoms with Crippen LogP contribution in [0, 0.1) is 0 Å². The lowest BCUT2D eigenvalue weighted by atomic mass is 10.1. The lowest BCUT2D eigenvalue weighted by molar-refractivity contribution is -0.117. The molecule has 0 bridgehead atoms. The molecule has 3 N–H and O–H groups in total. The fraction of sp³-hybridized carbons (Fsp3) is 0.429. The summed E-state index contributed by atoms with van der Waals surface area (Å²) in [5.41, 5.74) is 6.50. The van der Waals surface area contributed by atoms with E-state index in [1.54, 1.807) is 36.1 Å². The second-order valence-electron chi connectivity index (χ2n) is 4.73. The second kappa shape index (κ2) is 6.49. The molecule has 0 radical (unpaired) electrons. The Bertz CT molecular complexity index is 496. The van der Waals surface area contributed by atoms with Gasteiger partial charge in [0.05, 0.1) is 30.5 Å². The highest BCUT2D eigenvalue weighted by molar-refractivity contribution is 6.04. The fourth-order valence-corrected chi connectivity index (χ4v) is 1.96. The van der Waals surface area contributed by atoms with E-state index in [9.17, 15) is 9.59 Å². The zero-order chi connectivity index (χ0) is 14.5. The number of hydrogen-bond acceptors (Lipinski definition) is 4. The standard InChI is InChI=1S/C14H19N3O3/c1-10(15)13(18)16-12-5-3-2-4-11(12)14(19)17-6-8-20-9-7-17/h2-5,10H,6-9,15H2,1H3,(H,16,18)/t10-/m0/s1. The molecule has 20 heavy (non-hydrogen) atoms. The van der Waals surface area contributed by atoms with Crippen molar-refractivity contribution in [2.75, 3.05) is 31.6 Å². The van der Waals surface area contributed by atoms with Gasteiger partial charge in [-0.2, -0.15) is 0 Å². The van der Waals surface area contributed by atoms with E-state index in [1.807, 2.05) is 0 Å². The van der Waals surface area contributed by atoms with Gasteiger partial charge in [0.15, 0.2) is 0 Å². The Kier molecular flexibility index (Phi) is 4.70. The smallest absolute Gasteiger partial charge is 0.256 e. The van der Waals surface area contributed by atoms with E-state index in [0.29, 0.717) is 37.6 Å². The molecule has 1 saturated heterocycles. The molecule has 108 valence electrons. The number of carbonyl (C=O) groups excluding carboxylic acids is 2. The lowest BCUT2D eigenvalue weighted by Crippen LogP contribution is -2.41. The molecule has 2 rings (SSSR count). The average Bonchev–Trinajstić information content (AvgIpc) is 2.48. The quantitative estimate of drug-likeness (QED) is 0.840. The van der Waals surface area contributed by atoms with Crippen molar-refractivity contribution in [1.29, 1.82) is 0 Å². The van der Waals surface area contributed by atoms with Crippen LogP contribution in [0.5, 0.6) is 0 Å². The highest BCUT2D eigenvalue weighted by Gasteiger charge is 2.21. The minimum absolute atomic E-state index is 0.103. The maximum Gasteiger partial charge on any atom is 0.256 e. The molecule has 0 spiro atoms. The Labute approximate surface area is 117 Å². The number of hydrogen-bond donors (Lipinski definition) is 2. The van der Waals surface area contributed by atoms with E-state index in [1.165, 1.54) is 0 Å². The third-order valence-corrected chi connectivity index (χ3v) is 3.13. The summed E-state index contributed by atoms with van der Waals surface area (Å²) in [5.74, 6) is -0.416. The number of ether oxygens (including phenoxy) is 1. The number of nitrogens with zero attached hydrogens (tertiary/aromatic N) is 1. The Hall–Kier alpha value is -1.92. The van der Waals surface area contributed by atoms with Crippen LogP contribution in [0.3, 0.4) is 0 Å². The van der Waals surface area contributed by atoms with Gasteiger partial charge in [-0.25, -0.2) is 0 Å². The van der Waals surface area contributed by atoms with Crippen LogP contribution in [-0.2, 0) is 9.53 Å². The Morgan fingerprint density at radius 1 is 1.30 bits per heavy atom. The van der Waals surface area contributed by atoms with E-state index < -0.39 is 6.04 Å². The van der Waals surface area contributed by atoms with Gasteiger partial charge in [-0.15, -0.1) is 0 Å². The maximum absolute atomic E-state index is 12.5. The van der Waals surface area contributed by atoms with Gasteiger partial charge >= 0.3 is 0 Å². The van der Waals surface area contributed by atoms with Gasteiger partial charge in [-0.05, 0) is 19.1 Å². The molecule has 0 aliphatic carbocycles. The third-order valence-electron chi connectivity index (χ3n) is 3.13. The molecule has 6 heteroatoms. The van der Waals surface area contributed by atoms with Crippen molar-refractivity contribution < 1.29 is 14.3 Å². The summed E-state index contributed by atoms with van der Waals surface area (Å²) in [6, 6.07) is 6.33. The van der Waals surface area contributed by atoms with E-state index >= 15 is 0 Å². The van der Waals surface area contributed by atoms with Crippen LogP contribution in [0.1, 0.15) is 17.3 Å². The molecule has 1 heterocycles. The van der Waals surface area contributed by atoms with Gasteiger partial charge in [0.1, 0.15) is 0 Å². The molecule has 0 aromatic heterocycles. The summed E-state index contributed by atoms with van der Waals surface area (Å²) in [6.07, 6.45) is 0. The number of benzene rings is 1. The van der Waals surface area contributed by atoms with Gasteiger partial charge in [-0.1, -0.05) is 12.1 Å². The van der Waals surface area contributed by atoms with Crippen molar-refractivity contribution in [3.63, 3.8) is 0 Å². The number of para-hydroxylation sites is 1. The van der Waals surface area contributed by atoms with Crippen molar-refractivity contribution in [3.05, 3.63) is 29.8 Å². The minimum atomic E-state index is -0.624. The second-order valence-corrected chi connectivity index (χ2v) is 4.73. The van der Waals surface area contributed by atoms with Gasteiger partial charge in [0.2, 0.25) is 5.91 Å². The van der Waals surface area contributed by atoms with Crippen LogP contribution in [0.25, 0.3) is 0 Å². The van der Waals surface area contributed by atoms with Crippen LogP contribution in [0.4, 0.5) is 5.69 Å². The summed E-state index contributed by atoms with van der Waals surface area (Å²) in [4.78, 5) is 25.9. The molecule has 1 aliphatic rings. The topological polar surface area (TPSA) is 84.7 Å². The zero-order valence-electron chi connectivity index (χ0n) is 11.5. The Morgan fingerprint density at radius 2 is 1.95 bits per heavy atom. The minimum Gasteiger partial charge on any atom is -0.378 e. The molecular formula is C14H19N3O3. The molecule has 1 atom stereocenters. The van der Waals surface area contributed by atoms with Crippen LogP contribution >= 0.6 is 0 Å². The van der Waals surface area contributed by atoms with Crippen molar-refractivity contribution in [3.8, 4) is 0 Å². The fourth-order valence-electron chi connectivity index (χ4n) is 1.96. The van der Waals surface area contributed by atoms with Gasteiger partial charge in [-0.3, -0.25) is 9.59 Å². The summed E-state index contributed by atoms with van der Waals surface area (Å²) in [6.45, 7) is 3.81. The lowest BCUT2D eigenvalue weighted by Gasteiger charge is -2.27. The molecule has 1 fully saturated rings.